The van der Waals surface area contributed by atoms with Crippen LogP contribution in [0.3, 0.4) is 0 Å². The summed E-state index contributed by atoms with van der Waals surface area (Å²) >= 11 is 0. The van der Waals surface area contributed by atoms with Gasteiger partial charge in [0.1, 0.15) is 17.2 Å². The Hall–Kier alpha value is -3.47. The molecule has 3 rings (SSSR count). The third-order valence-corrected chi connectivity index (χ3v) is 3.92. The van der Waals surface area contributed by atoms with E-state index in [4.69, 9.17) is 9.47 Å². The number of rotatable bonds is 7. The van der Waals surface area contributed by atoms with E-state index in [2.05, 4.69) is 10.6 Å². The molecule has 0 aromatic heterocycles. The molecular weight excluding hydrogens is 340 g/mol. The minimum absolute atomic E-state index is 0.229. The maximum absolute atomic E-state index is 12.0. The standard InChI is InChI=1S/C22H22N2O3/c1-26-20-11-5-7-17(13-20)15-23-22(25)24-16-18-8-6-12-21(14-18)27-19-9-3-2-4-10-19/h2-14H,15-16H2,1H3,(H2,23,24,25). The van der Waals surface area contributed by atoms with Gasteiger partial charge in [-0.1, -0.05) is 42.5 Å². The van der Waals surface area contributed by atoms with Gasteiger partial charge < -0.3 is 20.1 Å². The van der Waals surface area contributed by atoms with Crippen molar-refractivity contribution in [1.82, 2.24) is 10.6 Å². The molecule has 0 aliphatic carbocycles. The van der Waals surface area contributed by atoms with Crippen LogP contribution in [0.15, 0.2) is 78.9 Å². The van der Waals surface area contributed by atoms with E-state index < -0.39 is 0 Å². The van der Waals surface area contributed by atoms with Crippen LogP contribution in [-0.2, 0) is 13.1 Å². The summed E-state index contributed by atoms with van der Waals surface area (Å²) in [5, 5.41) is 5.69. The van der Waals surface area contributed by atoms with Gasteiger partial charge in [0.25, 0.3) is 0 Å². The van der Waals surface area contributed by atoms with Gasteiger partial charge in [0.15, 0.2) is 0 Å². The lowest BCUT2D eigenvalue weighted by Gasteiger charge is -2.10. The molecule has 0 saturated heterocycles. The minimum atomic E-state index is -0.229. The van der Waals surface area contributed by atoms with Crippen molar-refractivity contribution in [3.63, 3.8) is 0 Å². The van der Waals surface area contributed by atoms with Crippen molar-refractivity contribution in [2.75, 3.05) is 7.11 Å². The molecule has 0 saturated carbocycles. The molecule has 0 unspecified atom stereocenters. The van der Waals surface area contributed by atoms with Crippen LogP contribution >= 0.6 is 0 Å². The molecule has 0 aliphatic rings. The second-order valence-corrected chi connectivity index (χ2v) is 5.95. The number of ether oxygens (including phenoxy) is 2. The Morgan fingerprint density at radius 2 is 1.30 bits per heavy atom. The first-order valence-electron chi connectivity index (χ1n) is 8.69. The molecule has 5 heteroatoms. The lowest BCUT2D eigenvalue weighted by molar-refractivity contribution is 0.240. The van der Waals surface area contributed by atoms with E-state index in [0.717, 1.165) is 28.4 Å². The Balaban J connectivity index is 1.49. The summed E-state index contributed by atoms with van der Waals surface area (Å²) in [5.41, 5.74) is 1.93. The Morgan fingerprint density at radius 1 is 0.741 bits per heavy atom. The van der Waals surface area contributed by atoms with Gasteiger partial charge in [-0.15, -0.1) is 0 Å². The number of nitrogens with one attached hydrogen (secondary N) is 2. The first kappa shape index (κ1) is 18.3. The third kappa shape index (κ3) is 5.78. The second-order valence-electron chi connectivity index (χ2n) is 5.95. The molecule has 0 aliphatic heterocycles. The van der Waals surface area contributed by atoms with Crippen LogP contribution in [-0.4, -0.2) is 13.1 Å². The van der Waals surface area contributed by atoms with Gasteiger partial charge in [-0.2, -0.15) is 0 Å². The van der Waals surface area contributed by atoms with Gasteiger partial charge in [-0.25, -0.2) is 4.79 Å². The highest BCUT2D eigenvalue weighted by molar-refractivity contribution is 5.73. The van der Waals surface area contributed by atoms with E-state index >= 15 is 0 Å². The van der Waals surface area contributed by atoms with Crippen molar-refractivity contribution in [1.29, 1.82) is 0 Å². The average molecular weight is 362 g/mol. The maximum Gasteiger partial charge on any atom is 0.315 e. The number of hydrogen-bond donors (Lipinski definition) is 2. The average Bonchev–Trinajstić information content (AvgIpc) is 2.72. The van der Waals surface area contributed by atoms with Gasteiger partial charge >= 0.3 is 6.03 Å². The zero-order valence-corrected chi connectivity index (χ0v) is 15.1. The lowest BCUT2D eigenvalue weighted by Crippen LogP contribution is -2.34. The zero-order chi connectivity index (χ0) is 18.9. The Labute approximate surface area is 158 Å². The predicted octanol–water partition coefficient (Wildman–Crippen LogP) is 4.49. The van der Waals surface area contributed by atoms with Crippen LogP contribution in [0, 0.1) is 0 Å². The molecular formula is C22H22N2O3. The largest absolute Gasteiger partial charge is 0.497 e. The number of carbonyl (C=O) groups excluding carboxylic acids is 1. The Morgan fingerprint density at radius 3 is 1.93 bits per heavy atom. The molecule has 27 heavy (non-hydrogen) atoms. The molecule has 138 valence electrons. The predicted molar refractivity (Wildman–Crippen MR) is 105 cm³/mol. The molecule has 0 bridgehead atoms. The summed E-state index contributed by atoms with van der Waals surface area (Å²) in [6, 6.07) is 24.6. The van der Waals surface area contributed by atoms with E-state index in [1.807, 2.05) is 78.9 Å². The quantitative estimate of drug-likeness (QED) is 0.651. The van der Waals surface area contributed by atoms with Gasteiger partial charge in [-0.3, -0.25) is 0 Å². The monoisotopic (exact) mass is 362 g/mol. The number of benzene rings is 3. The van der Waals surface area contributed by atoms with E-state index in [-0.39, 0.29) is 6.03 Å². The van der Waals surface area contributed by atoms with Gasteiger partial charge in [0, 0.05) is 13.1 Å². The molecule has 0 radical (unpaired) electrons. The summed E-state index contributed by atoms with van der Waals surface area (Å²) in [7, 11) is 1.62. The van der Waals surface area contributed by atoms with Crippen molar-refractivity contribution < 1.29 is 14.3 Å². The fourth-order valence-electron chi connectivity index (χ4n) is 2.55. The number of hydrogen-bond acceptors (Lipinski definition) is 3. The fourth-order valence-corrected chi connectivity index (χ4v) is 2.55. The van der Waals surface area contributed by atoms with Crippen LogP contribution in [0.25, 0.3) is 0 Å². The molecule has 3 aromatic carbocycles. The van der Waals surface area contributed by atoms with Crippen LogP contribution in [0.2, 0.25) is 0 Å². The third-order valence-electron chi connectivity index (χ3n) is 3.92. The summed E-state index contributed by atoms with van der Waals surface area (Å²) in [4.78, 5) is 12.0. The maximum atomic E-state index is 12.0. The normalized spacial score (nSPS) is 10.1. The highest BCUT2D eigenvalue weighted by atomic mass is 16.5. The van der Waals surface area contributed by atoms with Crippen molar-refractivity contribution in [2.24, 2.45) is 0 Å². The highest BCUT2D eigenvalue weighted by Gasteiger charge is 2.03. The fraction of sp³-hybridized carbons (Fsp3) is 0.136. The van der Waals surface area contributed by atoms with Crippen molar-refractivity contribution in [2.45, 2.75) is 13.1 Å². The number of amides is 2. The molecule has 0 spiro atoms. The van der Waals surface area contributed by atoms with Crippen molar-refractivity contribution in [3.05, 3.63) is 90.0 Å². The molecule has 0 atom stereocenters. The van der Waals surface area contributed by atoms with Crippen LogP contribution in [0.1, 0.15) is 11.1 Å². The summed E-state index contributed by atoms with van der Waals surface area (Å²) in [6.07, 6.45) is 0. The zero-order valence-electron chi connectivity index (χ0n) is 15.1. The topological polar surface area (TPSA) is 59.6 Å². The lowest BCUT2D eigenvalue weighted by atomic mass is 10.2. The highest BCUT2D eigenvalue weighted by Crippen LogP contribution is 2.21. The van der Waals surface area contributed by atoms with Gasteiger partial charge in [-0.05, 0) is 47.5 Å². The summed E-state index contributed by atoms with van der Waals surface area (Å²) in [6.45, 7) is 0.843. The minimum Gasteiger partial charge on any atom is -0.497 e. The molecule has 0 fully saturated rings. The van der Waals surface area contributed by atoms with Gasteiger partial charge in [0.2, 0.25) is 0 Å². The number of urea groups is 1. The number of methoxy groups -OCH3 is 1. The van der Waals surface area contributed by atoms with E-state index in [1.54, 1.807) is 7.11 Å². The van der Waals surface area contributed by atoms with E-state index in [9.17, 15) is 4.79 Å². The number of para-hydroxylation sites is 1. The smallest absolute Gasteiger partial charge is 0.315 e. The van der Waals surface area contributed by atoms with Crippen LogP contribution in [0.4, 0.5) is 4.79 Å². The number of carbonyl (C=O) groups is 1. The molecule has 2 N–H and O–H groups in total. The van der Waals surface area contributed by atoms with E-state index in [1.165, 1.54) is 0 Å². The molecule has 0 heterocycles. The SMILES string of the molecule is COc1cccc(CNC(=O)NCc2cccc(Oc3ccccc3)c2)c1. The summed E-state index contributed by atoms with van der Waals surface area (Å²) in [5.74, 6) is 2.28. The molecule has 5 nitrogen and oxygen atoms in total. The van der Waals surface area contributed by atoms with Gasteiger partial charge in [0.05, 0.1) is 7.11 Å². The Bertz CT molecular complexity index is 881. The molecule has 2 amide bonds. The van der Waals surface area contributed by atoms with Crippen LogP contribution < -0.4 is 20.1 Å². The second kappa shape index (κ2) is 9.29. The molecule has 3 aromatic rings. The first-order chi connectivity index (χ1) is 13.2. The van der Waals surface area contributed by atoms with Crippen molar-refractivity contribution >= 4 is 6.03 Å². The first-order valence-corrected chi connectivity index (χ1v) is 8.69. The van der Waals surface area contributed by atoms with E-state index in [0.29, 0.717) is 13.1 Å². The summed E-state index contributed by atoms with van der Waals surface area (Å²) < 4.78 is 11.0. The van der Waals surface area contributed by atoms with Crippen molar-refractivity contribution in [3.8, 4) is 17.2 Å². The van der Waals surface area contributed by atoms with Crippen LogP contribution in [0.5, 0.6) is 17.2 Å². The Kier molecular flexibility index (Phi) is 6.30.